The zero-order valence-corrected chi connectivity index (χ0v) is 20.7. The first-order valence-corrected chi connectivity index (χ1v) is 12.9. The van der Waals surface area contributed by atoms with Gasteiger partial charge < -0.3 is 10.1 Å². The summed E-state index contributed by atoms with van der Waals surface area (Å²) in [5.41, 5.74) is -0.112. The minimum absolute atomic E-state index is 0.0267. The minimum atomic E-state index is -4.28. The lowest BCUT2D eigenvalue weighted by Gasteiger charge is -2.24. The molecule has 1 unspecified atom stereocenters. The number of carbonyl (C=O) groups is 2. The summed E-state index contributed by atoms with van der Waals surface area (Å²) in [6.45, 7) is 4.35. The number of sulfonamides is 1. The van der Waals surface area contributed by atoms with Crippen molar-refractivity contribution in [2.75, 3.05) is 4.72 Å². The lowest BCUT2D eigenvalue weighted by Crippen LogP contribution is -2.42. The first-order chi connectivity index (χ1) is 16.5. The van der Waals surface area contributed by atoms with E-state index < -0.39 is 32.9 Å². The zero-order chi connectivity index (χ0) is 25.8. The van der Waals surface area contributed by atoms with Crippen molar-refractivity contribution in [2.24, 2.45) is 0 Å². The molecule has 3 rings (SSSR count). The van der Waals surface area contributed by atoms with Crippen LogP contribution in [0.15, 0.2) is 41.3 Å². The molecule has 1 aliphatic rings. The molecule has 1 aliphatic carbocycles. The Hall–Kier alpha value is -3.47. The molecule has 0 radical (unpaired) electrons. The van der Waals surface area contributed by atoms with E-state index in [0.29, 0.717) is 5.56 Å². The number of amides is 1. The molecule has 2 aromatic rings. The van der Waals surface area contributed by atoms with Gasteiger partial charge in [-0.3, -0.25) is 19.6 Å². The second-order valence-electron chi connectivity index (χ2n) is 8.71. The van der Waals surface area contributed by atoms with Gasteiger partial charge in [-0.25, -0.2) is 13.2 Å². The van der Waals surface area contributed by atoms with Crippen molar-refractivity contribution in [1.29, 1.82) is 0 Å². The van der Waals surface area contributed by atoms with Crippen LogP contribution in [0.2, 0.25) is 0 Å². The number of benzene rings is 2. The monoisotopic (exact) mass is 503 g/mol. The highest BCUT2D eigenvalue weighted by Crippen LogP contribution is 2.29. The molecule has 0 saturated heterocycles. The van der Waals surface area contributed by atoms with E-state index in [9.17, 15) is 28.1 Å². The number of nitro groups is 1. The Kier molecular flexibility index (Phi) is 8.11. The molecule has 2 aromatic carbocycles. The Morgan fingerprint density at radius 1 is 1.11 bits per heavy atom. The highest BCUT2D eigenvalue weighted by molar-refractivity contribution is 7.92. The Bertz CT molecular complexity index is 1240. The summed E-state index contributed by atoms with van der Waals surface area (Å²) in [7, 11) is -4.28. The third-order valence-electron chi connectivity index (χ3n) is 5.96. The van der Waals surface area contributed by atoms with Gasteiger partial charge in [-0.1, -0.05) is 31.4 Å². The fourth-order valence-corrected chi connectivity index (χ4v) is 5.49. The molecule has 0 spiro atoms. The molecule has 1 amide bonds. The van der Waals surface area contributed by atoms with E-state index in [0.717, 1.165) is 32.1 Å². The van der Waals surface area contributed by atoms with Crippen LogP contribution in [0.25, 0.3) is 0 Å². The van der Waals surface area contributed by atoms with Crippen molar-refractivity contribution in [2.45, 2.75) is 69.9 Å². The average Bonchev–Trinajstić information content (AvgIpc) is 2.80. The number of nitro benzene ring substituents is 1. The number of aryl methyl sites for hydroxylation is 1. The molecule has 1 fully saturated rings. The Morgan fingerprint density at radius 2 is 1.77 bits per heavy atom. The van der Waals surface area contributed by atoms with E-state index in [4.69, 9.17) is 4.74 Å². The number of rotatable bonds is 8. The van der Waals surface area contributed by atoms with Gasteiger partial charge in [0, 0.05) is 17.7 Å². The maximum Gasteiger partial charge on any atom is 0.341 e. The molecule has 35 heavy (non-hydrogen) atoms. The van der Waals surface area contributed by atoms with Crippen molar-refractivity contribution in [3.8, 4) is 0 Å². The summed E-state index contributed by atoms with van der Waals surface area (Å²) >= 11 is 0. The Balaban J connectivity index is 1.79. The molecule has 0 bridgehead atoms. The number of ether oxygens (including phenoxy) is 1. The van der Waals surface area contributed by atoms with Gasteiger partial charge in [-0.15, -0.1) is 0 Å². The fraction of sp³-hybridized carbons (Fsp3) is 0.417. The van der Waals surface area contributed by atoms with Gasteiger partial charge in [0.2, 0.25) is 0 Å². The van der Waals surface area contributed by atoms with Crippen LogP contribution in [-0.4, -0.2) is 37.4 Å². The zero-order valence-electron chi connectivity index (χ0n) is 19.9. The second-order valence-corrected chi connectivity index (χ2v) is 10.4. The molecule has 2 N–H and O–H groups in total. The number of carbonyl (C=O) groups excluding carboxylic acids is 2. The van der Waals surface area contributed by atoms with E-state index >= 15 is 0 Å². The topological polar surface area (TPSA) is 145 Å². The van der Waals surface area contributed by atoms with Crippen molar-refractivity contribution in [3.63, 3.8) is 0 Å². The van der Waals surface area contributed by atoms with Crippen molar-refractivity contribution >= 4 is 33.3 Å². The SMILES string of the molecule is Cc1cc([N+](=O)[O-])c(C)c(S(=O)(=O)Nc2ccccc2C(=O)OC(C)C(=O)NC2CCCCC2)c1. The Labute approximate surface area is 204 Å². The van der Waals surface area contributed by atoms with Gasteiger partial charge in [-0.05, 0) is 57.4 Å². The summed E-state index contributed by atoms with van der Waals surface area (Å²) in [5, 5.41) is 14.2. The van der Waals surface area contributed by atoms with Crippen LogP contribution in [-0.2, 0) is 19.6 Å². The van der Waals surface area contributed by atoms with Gasteiger partial charge >= 0.3 is 5.97 Å². The van der Waals surface area contributed by atoms with Crippen molar-refractivity contribution in [3.05, 3.63) is 63.2 Å². The highest BCUT2D eigenvalue weighted by atomic mass is 32.2. The molecule has 1 saturated carbocycles. The number of nitrogens with one attached hydrogen (secondary N) is 2. The number of para-hydroxylation sites is 1. The molecule has 0 heterocycles. The number of hydrogen-bond donors (Lipinski definition) is 2. The minimum Gasteiger partial charge on any atom is -0.449 e. The number of nitrogens with zero attached hydrogens (tertiary/aromatic N) is 1. The molecular formula is C24H29N3O7S. The summed E-state index contributed by atoms with van der Waals surface area (Å²) < 4.78 is 33.9. The van der Waals surface area contributed by atoms with E-state index in [1.807, 2.05) is 0 Å². The van der Waals surface area contributed by atoms with Crippen molar-refractivity contribution in [1.82, 2.24) is 5.32 Å². The van der Waals surface area contributed by atoms with Crippen LogP contribution in [0.1, 0.15) is 60.5 Å². The van der Waals surface area contributed by atoms with E-state index in [-0.39, 0.29) is 33.4 Å². The van der Waals surface area contributed by atoms with Crippen LogP contribution < -0.4 is 10.0 Å². The predicted octanol–water partition coefficient (Wildman–Crippen LogP) is 4.01. The molecular weight excluding hydrogens is 474 g/mol. The number of hydrogen-bond acceptors (Lipinski definition) is 7. The van der Waals surface area contributed by atoms with Crippen LogP contribution >= 0.6 is 0 Å². The highest BCUT2D eigenvalue weighted by Gasteiger charge is 2.27. The predicted molar refractivity (Wildman–Crippen MR) is 130 cm³/mol. The third kappa shape index (κ3) is 6.36. The standard InChI is InChI=1S/C24H29N3O7S/c1-15-13-21(27(30)31)16(2)22(14-15)35(32,33)26-20-12-8-7-11-19(20)24(29)34-17(3)23(28)25-18-9-5-4-6-10-18/h7-8,11-14,17-18,26H,4-6,9-10H2,1-3H3,(H,25,28). The van der Waals surface area contributed by atoms with Crippen LogP contribution in [0.5, 0.6) is 0 Å². The lowest BCUT2D eigenvalue weighted by molar-refractivity contribution is -0.385. The van der Waals surface area contributed by atoms with Gasteiger partial charge in [0.15, 0.2) is 6.10 Å². The fourth-order valence-electron chi connectivity index (χ4n) is 4.07. The smallest absolute Gasteiger partial charge is 0.341 e. The van der Waals surface area contributed by atoms with Crippen LogP contribution in [0.4, 0.5) is 11.4 Å². The normalized spacial score (nSPS) is 15.2. The maximum absolute atomic E-state index is 13.1. The van der Waals surface area contributed by atoms with Gasteiger partial charge in [0.1, 0.15) is 0 Å². The van der Waals surface area contributed by atoms with Crippen LogP contribution in [0.3, 0.4) is 0 Å². The molecule has 11 heteroatoms. The quantitative estimate of drug-likeness (QED) is 0.314. The molecule has 188 valence electrons. The number of anilines is 1. The van der Waals surface area contributed by atoms with Gasteiger partial charge in [0.25, 0.3) is 21.6 Å². The van der Waals surface area contributed by atoms with Gasteiger partial charge in [-0.2, -0.15) is 0 Å². The average molecular weight is 504 g/mol. The molecule has 0 aliphatic heterocycles. The first kappa shape index (κ1) is 26.1. The summed E-state index contributed by atoms with van der Waals surface area (Å²) in [6.07, 6.45) is 3.91. The Morgan fingerprint density at radius 3 is 2.43 bits per heavy atom. The molecule has 1 atom stereocenters. The lowest BCUT2D eigenvalue weighted by atomic mass is 9.95. The second kappa shape index (κ2) is 10.9. The summed E-state index contributed by atoms with van der Waals surface area (Å²) in [6, 6.07) is 8.47. The van der Waals surface area contributed by atoms with E-state index in [1.165, 1.54) is 50.2 Å². The van der Waals surface area contributed by atoms with Gasteiger partial charge in [0.05, 0.1) is 21.1 Å². The summed E-state index contributed by atoms with van der Waals surface area (Å²) in [4.78, 5) is 35.7. The molecule has 0 aromatic heterocycles. The first-order valence-electron chi connectivity index (χ1n) is 11.4. The number of esters is 1. The third-order valence-corrected chi connectivity index (χ3v) is 7.45. The van der Waals surface area contributed by atoms with E-state index in [2.05, 4.69) is 10.0 Å². The van der Waals surface area contributed by atoms with Crippen LogP contribution in [0, 0.1) is 24.0 Å². The van der Waals surface area contributed by atoms with Crippen molar-refractivity contribution < 1.29 is 27.7 Å². The maximum atomic E-state index is 13.1. The van der Waals surface area contributed by atoms with E-state index in [1.54, 1.807) is 6.92 Å². The molecule has 10 nitrogen and oxygen atoms in total. The summed E-state index contributed by atoms with van der Waals surface area (Å²) in [5.74, 6) is -1.28. The largest absolute Gasteiger partial charge is 0.449 e.